The third-order valence-electron chi connectivity index (χ3n) is 3.70. The molecule has 1 rings (SSSR count). The van der Waals surface area contributed by atoms with Gasteiger partial charge in [-0.25, -0.2) is 0 Å². The highest BCUT2D eigenvalue weighted by molar-refractivity contribution is 5.95. The monoisotopic (exact) mass is 303 g/mol. The van der Waals surface area contributed by atoms with Crippen LogP contribution in [0.4, 0.5) is 0 Å². The third kappa shape index (κ3) is 6.90. The summed E-state index contributed by atoms with van der Waals surface area (Å²) in [5.74, 6) is 1.14. The molecule has 122 valence electrons. The van der Waals surface area contributed by atoms with Gasteiger partial charge in [0, 0.05) is 12.5 Å². The molecule has 0 aromatic heterocycles. The summed E-state index contributed by atoms with van der Waals surface area (Å²) >= 11 is 0. The van der Waals surface area contributed by atoms with Crippen molar-refractivity contribution in [3.63, 3.8) is 0 Å². The molecule has 0 radical (unpaired) electrons. The highest BCUT2D eigenvalue weighted by atomic mass is 16.5. The Morgan fingerprint density at radius 1 is 1.23 bits per heavy atom. The number of hydrogen-bond donors (Lipinski definition) is 0. The number of carbonyl (C=O) groups excluding carboxylic acids is 1. The van der Waals surface area contributed by atoms with Crippen molar-refractivity contribution in [2.24, 2.45) is 5.92 Å². The molecule has 3 nitrogen and oxygen atoms in total. The molecule has 0 amide bonds. The maximum Gasteiger partial charge on any atom is 0.160 e. The van der Waals surface area contributed by atoms with Crippen molar-refractivity contribution in [3.05, 3.63) is 35.9 Å². The molecule has 0 N–H and O–H groups in total. The van der Waals surface area contributed by atoms with Crippen molar-refractivity contribution in [2.75, 3.05) is 27.7 Å². The van der Waals surface area contributed by atoms with Crippen molar-refractivity contribution in [2.45, 2.75) is 32.6 Å². The molecule has 1 aromatic rings. The molecule has 0 saturated carbocycles. The zero-order chi connectivity index (χ0) is 16.4. The van der Waals surface area contributed by atoms with Crippen LogP contribution in [0.3, 0.4) is 0 Å². The van der Waals surface area contributed by atoms with Gasteiger partial charge in [-0.15, -0.1) is 0 Å². The van der Waals surface area contributed by atoms with Crippen LogP contribution in [0.2, 0.25) is 0 Å². The molecule has 0 aliphatic rings. The van der Waals surface area contributed by atoms with Gasteiger partial charge in [-0.1, -0.05) is 44.4 Å². The first-order chi connectivity index (χ1) is 10.6. The van der Waals surface area contributed by atoms with Gasteiger partial charge in [-0.3, -0.25) is 4.79 Å². The molecular formula is C19H29NO2. The lowest BCUT2D eigenvalue weighted by atomic mass is 9.95. The van der Waals surface area contributed by atoms with E-state index in [-0.39, 0.29) is 11.7 Å². The van der Waals surface area contributed by atoms with Gasteiger partial charge in [0.05, 0.1) is 7.11 Å². The van der Waals surface area contributed by atoms with E-state index in [1.807, 2.05) is 44.4 Å². The molecular weight excluding hydrogens is 274 g/mol. The second-order valence-corrected chi connectivity index (χ2v) is 5.96. The lowest BCUT2D eigenvalue weighted by Crippen LogP contribution is -2.27. The van der Waals surface area contributed by atoms with Crippen molar-refractivity contribution in [1.29, 1.82) is 0 Å². The van der Waals surface area contributed by atoms with E-state index < -0.39 is 0 Å². The standard InChI is InChI=1S/C19H29NO2/c1-5-6-7-8-17(15-20(2)3)19(21)14-11-16-9-12-18(22-4)13-10-16/h9-14,17H,5-8,15H2,1-4H3/b14-11-/t17-/m0/s1. The van der Waals surface area contributed by atoms with Crippen LogP contribution in [0.15, 0.2) is 30.3 Å². The lowest BCUT2D eigenvalue weighted by Gasteiger charge is -2.18. The van der Waals surface area contributed by atoms with E-state index >= 15 is 0 Å². The maximum atomic E-state index is 12.4. The number of nitrogens with zero attached hydrogens (tertiary/aromatic N) is 1. The summed E-state index contributed by atoms with van der Waals surface area (Å²) in [5, 5.41) is 0. The summed E-state index contributed by atoms with van der Waals surface area (Å²) in [5.41, 5.74) is 1.02. The van der Waals surface area contributed by atoms with Gasteiger partial charge in [0.2, 0.25) is 0 Å². The van der Waals surface area contributed by atoms with Gasteiger partial charge < -0.3 is 9.64 Å². The highest BCUT2D eigenvalue weighted by Crippen LogP contribution is 2.15. The molecule has 0 saturated heterocycles. The first kappa shape index (κ1) is 18.4. The molecule has 0 unspecified atom stereocenters. The molecule has 0 fully saturated rings. The molecule has 0 aliphatic heterocycles. The first-order valence-electron chi connectivity index (χ1n) is 8.07. The number of carbonyl (C=O) groups is 1. The number of rotatable bonds is 10. The van der Waals surface area contributed by atoms with Crippen LogP contribution < -0.4 is 4.74 Å². The Morgan fingerprint density at radius 3 is 2.45 bits per heavy atom. The second kappa shape index (κ2) is 10.2. The smallest absolute Gasteiger partial charge is 0.160 e. The summed E-state index contributed by atoms with van der Waals surface area (Å²) in [6.45, 7) is 3.00. The van der Waals surface area contributed by atoms with E-state index in [0.717, 1.165) is 30.7 Å². The average molecular weight is 303 g/mol. The average Bonchev–Trinajstić information content (AvgIpc) is 2.52. The van der Waals surface area contributed by atoms with E-state index in [1.165, 1.54) is 12.8 Å². The minimum absolute atomic E-state index is 0.0936. The Morgan fingerprint density at radius 2 is 1.91 bits per heavy atom. The Hall–Kier alpha value is -1.61. The molecule has 0 spiro atoms. The van der Waals surface area contributed by atoms with Crippen molar-refractivity contribution in [3.8, 4) is 5.75 Å². The summed E-state index contributed by atoms with van der Waals surface area (Å²) in [6, 6.07) is 7.73. The number of unbranched alkanes of at least 4 members (excludes halogenated alkanes) is 2. The predicted molar refractivity (Wildman–Crippen MR) is 93.2 cm³/mol. The van der Waals surface area contributed by atoms with Crippen LogP contribution >= 0.6 is 0 Å². The lowest BCUT2D eigenvalue weighted by molar-refractivity contribution is -0.118. The van der Waals surface area contributed by atoms with Crippen LogP contribution in [0.1, 0.15) is 38.2 Å². The fourth-order valence-corrected chi connectivity index (χ4v) is 2.43. The molecule has 1 atom stereocenters. The number of allylic oxidation sites excluding steroid dienone is 1. The van der Waals surface area contributed by atoms with Crippen molar-refractivity contribution in [1.82, 2.24) is 4.90 Å². The zero-order valence-electron chi connectivity index (χ0n) is 14.3. The minimum Gasteiger partial charge on any atom is -0.497 e. The minimum atomic E-state index is 0.0936. The molecule has 0 aliphatic carbocycles. The fourth-order valence-electron chi connectivity index (χ4n) is 2.43. The second-order valence-electron chi connectivity index (χ2n) is 5.96. The number of benzene rings is 1. The summed E-state index contributed by atoms with van der Waals surface area (Å²) in [4.78, 5) is 14.5. The topological polar surface area (TPSA) is 29.5 Å². The van der Waals surface area contributed by atoms with E-state index in [9.17, 15) is 4.79 Å². The van der Waals surface area contributed by atoms with Gasteiger partial charge in [0.1, 0.15) is 5.75 Å². The maximum absolute atomic E-state index is 12.4. The van der Waals surface area contributed by atoms with Gasteiger partial charge in [0.25, 0.3) is 0 Å². The van der Waals surface area contributed by atoms with Gasteiger partial charge in [0.15, 0.2) is 5.78 Å². The quantitative estimate of drug-likeness (QED) is 0.483. The Bertz CT molecular complexity index is 463. The van der Waals surface area contributed by atoms with Crippen molar-refractivity contribution >= 4 is 11.9 Å². The zero-order valence-corrected chi connectivity index (χ0v) is 14.3. The van der Waals surface area contributed by atoms with Gasteiger partial charge in [-0.2, -0.15) is 0 Å². The Kier molecular flexibility index (Phi) is 8.53. The molecule has 3 heteroatoms. The molecule has 1 aromatic carbocycles. The van der Waals surface area contributed by atoms with Crippen LogP contribution in [0.25, 0.3) is 6.08 Å². The summed E-state index contributed by atoms with van der Waals surface area (Å²) < 4.78 is 5.14. The van der Waals surface area contributed by atoms with Crippen LogP contribution in [0.5, 0.6) is 5.75 Å². The van der Waals surface area contributed by atoms with E-state index in [0.29, 0.717) is 0 Å². The number of hydrogen-bond acceptors (Lipinski definition) is 3. The molecule has 22 heavy (non-hydrogen) atoms. The van der Waals surface area contributed by atoms with Crippen molar-refractivity contribution < 1.29 is 9.53 Å². The number of ketones is 1. The third-order valence-corrected chi connectivity index (χ3v) is 3.70. The summed E-state index contributed by atoms with van der Waals surface area (Å²) in [7, 11) is 5.69. The largest absolute Gasteiger partial charge is 0.497 e. The van der Waals surface area contributed by atoms with Gasteiger partial charge in [-0.05, 0) is 44.3 Å². The fraction of sp³-hybridized carbons (Fsp3) is 0.526. The Labute approximate surface area is 135 Å². The number of methoxy groups -OCH3 is 1. The van der Waals surface area contributed by atoms with Crippen LogP contribution in [0, 0.1) is 5.92 Å². The number of ether oxygens (including phenoxy) is 1. The summed E-state index contributed by atoms with van der Waals surface area (Å²) in [6.07, 6.45) is 8.09. The predicted octanol–water partition coefficient (Wildman–Crippen LogP) is 4.04. The normalized spacial score (nSPS) is 12.8. The van der Waals surface area contributed by atoms with Crippen LogP contribution in [-0.2, 0) is 4.79 Å². The molecule has 0 heterocycles. The first-order valence-corrected chi connectivity index (χ1v) is 8.07. The van der Waals surface area contributed by atoms with E-state index in [2.05, 4.69) is 11.8 Å². The van der Waals surface area contributed by atoms with E-state index in [1.54, 1.807) is 13.2 Å². The molecule has 0 bridgehead atoms. The van der Waals surface area contributed by atoms with E-state index in [4.69, 9.17) is 4.74 Å². The van der Waals surface area contributed by atoms with Gasteiger partial charge >= 0.3 is 0 Å². The highest BCUT2D eigenvalue weighted by Gasteiger charge is 2.16. The van der Waals surface area contributed by atoms with Crippen LogP contribution in [-0.4, -0.2) is 38.4 Å². The Balaban J connectivity index is 2.64. The SMILES string of the molecule is CCCCC[C@@H](CN(C)C)C(=O)/C=C\c1ccc(OC)cc1.